The third-order valence-electron chi connectivity index (χ3n) is 7.47. The number of imide groups is 1. The number of hydrogen-bond donors (Lipinski definition) is 6. The smallest absolute Gasteiger partial charge is 0.407 e. The number of unbranched alkanes of at least 4 members (excludes halogenated alkanes) is 2. The van der Waals surface area contributed by atoms with Gasteiger partial charge in [0.2, 0.25) is 18.1 Å². The Kier molecular flexibility index (Phi) is 17.8. The Bertz CT molecular complexity index is 1350. The molecule has 18 heteroatoms. The number of aliphatic hydroxyl groups excluding tert-OH is 2. The third kappa shape index (κ3) is 15.4. The van der Waals surface area contributed by atoms with E-state index in [0.717, 1.165) is 4.90 Å². The van der Waals surface area contributed by atoms with Gasteiger partial charge in [-0.15, -0.1) is 0 Å². The van der Waals surface area contributed by atoms with Gasteiger partial charge in [0.05, 0.1) is 44.8 Å². The first-order valence-corrected chi connectivity index (χ1v) is 16.7. The minimum absolute atomic E-state index is 0.0145. The molecule has 0 bridgehead atoms. The number of aliphatic carboxylic acids is 1. The number of ether oxygens (including phenoxy) is 5. The molecule has 1 aromatic carbocycles. The van der Waals surface area contributed by atoms with Crippen molar-refractivity contribution in [2.45, 2.75) is 70.1 Å². The van der Waals surface area contributed by atoms with Crippen LogP contribution in [0.3, 0.4) is 0 Å². The minimum atomic E-state index is -1.28. The van der Waals surface area contributed by atoms with Gasteiger partial charge in [-0.05, 0) is 30.5 Å². The number of carboxylic acids is 1. The standard InChI is InChI=1S/C33H46N4O14/c38-13-15-48-17-16-47-14-11-35-33(46)49-21-22-5-6-25(50-31-20-23(39)19-26(51-31)32(44)45)24(18-22)36-28(41)9-10-34-27(40)4-2-1-3-12-37-29(42)7-8-30(37)43/h5-8,18,23,26,31,38-39H,1-4,9-17,19-21H2,(H,34,40)(H,35,46)(H,36,41)(H,44,45)/t23-,26-,31+/m0/s1. The normalized spacial score (nSPS) is 18.4. The lowest BCUT2D eigenvalue weighted by Gasteiger charge is -2.31. The van der Waals surface area contributed by atoms with E-state index in [1.807, 2.05) is 0 Å². The molecule has 18 nitrogen and oxygen atoms in total. The van der Waals surface area contributed by atoms with Gasteiger partial charge < -0.3 is 55.0 Å². The molecule has 2 aliphatic heterocycles. The van der Waals surface area contributed by atoms with E-state index in [1.165, 1.54) is 24.3 Å². The van der Waals surface area contributed by atoms with Crippen molar-refractivity contribution >= 4 is 41.4 Å². The van der Waals surface area contributed by atoms with Crippen LogP contribution in [0.2, 0.25) is 0 Å². The Hall–Kier alpha value is -4.62. The molecule has 0 spiro atoms. The average Bonchev–Trinajstić information content (AvgIpc) is 3.41. The highest BCUT2D eigenvalue weighted by atomic mass is 16.7. The lowest BCUT2D eigenvalue weighted by Crippen LogP contribution is -2.42. The Morgan fingerprint density at radius 3 is 2.35 bits per heavy atom. The van der Waals surface area contributed by atoms with E-state index in [-0.39, 0.29) is 101 Å². The molecule has 0 aliphatic carbocycles. The van der Waals surface area contributed by atoms with Crippen molar-refractivity contribution in [2.75, 3.05) is 58.0 Å². The zero-order chi connectivity index (χ0) is 37.0. The molecule has 2 aliphatic rings. The largest absolute Gasteiger partial charge is 0.479 e. The molecule has 0 unspecified atom stereocenters. The van der Waals surface area contributed by atoms with Gasteiger partial charge in [0.1, 0.15) is 12.4 Å². The van der Waals surface area contributed by atoms with Gasteiger partial charge in [0, 0.05) is 57.5 Å². The molecule has 1 fully saturated rings. The van der Waals surface area contributed by atoms with Crippen LogP contribution in [0.25, 0.3) is 0 Å². The second kappa shape index (κ2) is 22.3. The highest BCUT2D eigenvalue weighted by Gasteiger charge is 2.34. The fourth-order valence-electron chi connectivity index (χ4n) is 4.92. The van der Waals surface area contributed by atoms with Crippen LogP contribution >= 0.6 is 0 Å². The zero-order valence-corrected chi connectivity index (χ0v) is 28.2. The number of rotatable bonds is 23. The van der Waals surface area contributed by atoms with E-state index >= 15 is 0 Å². The highest BCUT2D eigenvalue weighted by Crippen LogP contribution is 2.31. The summed E-state index contributed by atoms with van der Waals surface area (Å²) in [6, 6.07) is 4.55. The van der Waals surface area contributed by atoms with Gasteiger partial charge in [-0.1, -0.05) is 12.5 Å². The number of benzene rings is 1. The summed E-state index contributed by atoms with van der Waals surface area (Å²) in [5.41, 5.74) is 0.631. The Morgan fingerprint density at radius 1 is 0.882 bits per heavy atom. The Morgan fingerprint density at radius 2 is 1.63 bits per heavy atom. The minimum Gasteiger partial charge on any atom is -0.479 e. The number of anilines is 1. The number of carboxylic acid groups (broad SMARTS) is 1. The summed E-state index contributed by atoms with van der Waals surface area (Å²) in [7, 11) is 0. The molecule has 2 heterocycles. The van der Waals surface area contributed by atoms with E-state index < -0.39 is 36.5 Å². The van der Waals surface area contributed by atoms with Gasteiger partial charge in [0.25, 0.3) is 11.8 Å². The number of hydrogen-bond acceptors (Lipinski definition) is 13. The van der Waals surface area contributed by atoms with Crippen LogP contribution in [-0.4, -0.2) is 127 Å². The lowest BCUT2D eigenvalue weighted by molar-refractivity contribution is -0.195. The second-order valence-corrected chi connectivity index (χ2v) is 11.5. The molecule has 0 radical (unpaired) electrons. The number of alkyl carbamates (subject to hydrolysis) is 1. The third-order valence-corrected chi connectivity index (χ3v) is 7.47. The Balaban J connectivity index is 1.47. The highest BCUT2D eigenvalue weighted by molar-refractivity contribution is 6.12. The van der Waals surface area contributed by atoms with Crippen molar-refractivity contribution < 1.29 is 67.8 Å². The zero-order valence-electron chi connectivity index (χ0n) is 28.2. The monoisotopic (exact) mass is 722 g/mol. The summed E-state index contributed by atoms with van der Waals surface area (Å²) < 4.78 is 26.9. The maximum Gasteiger partial charge on any atom is 0.407 e. The molecular weight excluding hydrogens is 676 g/mol. The number of nitrogens with one attached hydrogen (secondary N) is 3. The first kappa shape index (κ1) is 40.8. The predicted molar refractivity (Wildman–Crippen MR) is 176 cm³/mol. The molecule has 1 saturated heterocycles. The van der Waals surface area contributed by atoms with Crippen LogP contribution in [0.4, 0.5) is 10.5 Å². The molecule has 1 aromatic rings. The molecule has 3 atom stereocenters. The van der Waals surface area contributed by atoms with Crippen LogP contribution < -0.4 is 20.7 Å². The summed E-state index contributed by atoms with van der Waals surface area (Å²) >= 11 is 0. The van der Waals surface area contributed by atoms with Crippen molar-refractivity contribution in [3.05, 3.63) is 35.9 Å². The SMILES string of the molecule is O=C(CCCCCN1C(=O)C=CC1=O)NCCC(=O)Nc1cc(COC(=O)NCCOCCOCCO)ccc1O[C@H]1C[C@@H](O)C[C@@H](C(=O)O)O1. The van der Waals surface area contributed by atoms with Gasteiger partial charge in [-0.3, -0.25) is 24.1 Å². The fraction of sp³-hybridized carbons (Fsp3) is 0.576. The number of amides is 5. The molecular formula is C33H46N4O14. The lowest BCUT2D eigenvalue weighted by atomic mass is 10.1. The molecule has 282 valence electrons. The van der Waals surface area contributed by atoms with Crippen molar-refractivity contribution in [3.8, 4) is 5.75 Å². The Labute approximate surface area is 294 Å². The average molecular weight is 723 g/mol. The number of aliphatic hydroxyl groups is 2. The van der Waals surface area contributed by atoms with Crippen LogP contribution in [0.1, 0.15) is 50.5 Å². The molecule has 0 aromatic heterocycles. The second-order valence-electron chi connectivity index (χ2n) is 11.5. The number of carbonyl (C=O) groups is 6. The van der Waals surface area contributed by atoms with Gasteiger partial charge in [0.15, 0.2) is 6.10 Å². The van der Waals surface area contributed by atoms with E-state index in [0.29, 0.717) is 38.0 Å². The molecule has 3 rings (SSSR count). The van der Waals surface area contributed by atoms with Crippen LogP contribution in [0, 0.1) is 0 Å². The van der Waals surface area contributed by atoms with Crippen molar-refractivity contribution in [3.63, 3.8) is 0 Å². The van der Waals surface area contributed by atoms with Crippen molar-refractivity contribution in [2.24, 2.45) is 0 Å². The van der Waals surface area contributed by atoms with E-state index in [1.54, 1.807) is 6.07 Å². The quantitative estimate of drug-likeness (QED) is 0.0653. The maximum absolute atomic E-state index is 12.9. The van der Waals surface area contributed by atoms with Crippen LogP contribution in [0.15, 0.2) is 30.4 Å². The predicted octanol–water partition coefficient (Wildman–Crippen LogP) is 0.198. The number of carbonyl (C=O) groups excluding carboxylic acids is 5. The van der Waals surface area contributed by atoms with Gasteiger partial charge >= 0.3 is 12.1 Å². The van der Waals surface area contributed by atoms with Crippen molar-refractivity contribution in [1.29, 1.82) is 0 Å². The first-order chi connectivity index (χ1) is 24.5. The van der Waals surface area contributed by atoms with E-state index in [2.05, 4.69) is 16.0 Å². The van der Waals surface area contributed by atoms with Gasteiger partial charge in [-0.2, -0.15) is 0 Å². The maximum atomic E-state index is 12.9. The topological polar surface area (TPSA) is 249 Å². The summed E-state index contributed by atoms with van der Waals surface area (Å²) in [5, 5.41) is 36.1. The molecule has 5 amide bonds. The summed E-state index contributed by atoms with van der Waals surface area (Å²) in [6.07, 6.45) is 0.0348. The molecule has 51 heavy (non-hydrogen) atoms. The summed E-state index contributed by atoms with van der Waals surface area (Å²) in [5.74, 6) is -2.59. The summed E-state index contributed by atoms with van der Waals surface area (Å²) in [4.78, 5) is 73.1. The first-order valence-electron chi connectivity index (χ1n) is 16.7. The molecule has 0 saturated carbocycles. The van der Waals surface area contributed by atoms with E-state index in [9.17, 15) is 39.0 Å². The summed E-state index contributed by atoms with van der Waals surface area (Å²) in [6.45, 7) is 1.25. The van der Waals surface area contributed by atoms with Crippen LogP contribution in [-0.2, 0) is 49.5 Å². The van der Waals surface area contributed by atoms with Gasteiger partial charge in [-0.25, -0.2) is 9.59 Å². The fourth-order valence-corrected chi connectivity index (χ4v) is 4.92. The number of nitrogens with zero attached hydrogens (tertiary/aromatic N) is 1. The van der Waals surface area contributed by atoms with Crippen molar-refractivity contribution in [1.82, 2.24) is 15.5 Å². The van der Waals surface area contributed by atoms with Crippen LogP contribution in [0.5, 0.6) is 5.75 Å². The van der Waals surface area contributed by atoms with E-state index in [4.69, 9.17) is 28.8 Å². The molecule has 6 N–H and O–H groups in total.